The van der Waals surface area contributed by atoms with E-state index in [1.54, 1.807) is 20.3 Å². The fourth-order valence-electron chi connectivity index (χ4n) is 2.66. The Kier molecular flexibility index (Phi) is 4.98. The Morgan fingerprint density at radius 1 is 1.14 bits per heavy atom. The van der Waals surface area contributed by atoms with E-state index in [1.807, 2.05) is 17.0 Å². The lowest BCUT2D eigenvalue weighted by atomic mass is 9.98. The van der Waals surface area contributed by atoms with Crippen LogP contribution in [0.25, 0.3) is 0 Å². The highest BCUT2D eigenvalue weighted by Gasteiger charge is 2.31. The van der Waals surface area contributed by atoms with Crippen LogP contribution in [0.3, 0.4) is 0 Å². The zero-order chi connectivity index (χ0) is 15.5. The van der Waals surface area contributed by atoms with Gasteiger partial charge in [0.05, 0.1) is 20.6 Å². The number of alkyl halides is 3. The second-order valence-electron chi connectivity index (χ2n) is 5.30. The Morgan fingerprint density at radius 2 is 1.76 bits per heavy atom. The molecule has 0 aromatic heterocycles. The quantitative estimate of drug-likeness (QED) is 0.831. The Bertz CT molecular complexity index is 454. The summed E-state index contributed by atoms with van der Waals surface area (Å²) >= 11 is 0. The van der Waals surface area contributed by atoms with E-state index in [-0.39, 0.29) is 12.5 Å². The van der Waals surface area contributed by atoms with Crippen LogP contribution >= 0.6 is 0 Å². The topological polar surface area (TPSA) is 21.7 Å². The van der Waals surface area contributed by atoms with Crippen molar-refractivity contribution in [1.82, 2.24) is 4.90 Å². The number of hydrogen-bond donors (Lipinski definition) is 0. The summed E-state index contributed by atoms with van der Waals surface area (Å²) in [7, 11) is 3.17. The highest BCUT2D eigenvalue weighted by atomic mass is 19.4. The maximum absolute atomic E-state index is 12.3. The minimum Gasteiger partial charge on any atom is -0.497 e. The van der Waals surface area contributed by atoms with Gasteiger partial charge in [-0.15, -0.1) is 0 Å². The summed E-state index contributed by atoms with van der Waals surface area (Å²) < 4.78 is 47.3. The minimum absolute atomic E-state index is 0.0705. The molecule has 3 nitrogen and oxygen atoms in total. The number of rotatable bonds is 5. The van der Waals surface area contributed by atoms with Crippen LogP contribution in [0.1, 0.15) is 24.3 Å². The predicted molar refractivity (Wildman–Crippen MR) is 74.0 cm³/mol. The van der Waals surface area contributed by atoms with E-state index in [0.717, 1.165) is 12.0 Å². The number of halogens is 3. The summed E-state index contributed by atoms with van der Waals surface area (Å²) in [6.07, 6.45) is -3.98. The molecule has 6 heteroatoms. The van der Waals surface area contributed by atoms with Crippen molar-refractivity contribution in [3.63, 3.8) is 0 Å². The summed E-state index contributed by atoms with van der Waals surface area (Å²) in [5.74, 6) is 1.64. The van der Waals surface area contributed by atoms with Gasteiger partial charge in [0.25, 0.3) is 0 Å². The average molecular weight is 303 g/mol. The van der Waals surface area contributed by atoms with Crippen LogP contribution < -0.4 is 9.47 Å². The van der Waals surface area contributed by atoms with Crippen molar-refractivity contribution < 1.29 is 22.6 Å². The molecular formula is C15H20F3NO2. The SMILES string of the molecule is COc1cc(OC)cc([C@H]2CCN(CCC(F)(F)F)C2)c1. The first-order valence-corrected chi connectivity index (χ1v) is 6.93. The van der Waals surface area contributed by atoms with Gasteiger partial charge in [-0.1, -0.05) is 0 Å². The van der Waals surface area contributed by atoms with E-state index >= 15 is 0 Å². The molecule has 1 fully saturated rings. The molecule has 2 rings (SSSR count). The number of benzene rings is 1. The highest BCUT2D eigenvalue weighted by molar-refractivity contribution is 5.40. The Balaban J connectivity index is 2.00. The third-order valence-electron chi connectivity index (χ3n) is 3.83. The van der Waals surface area contributed by atoms with Gasteiger partial charge >= 0.3 is 6.18 Å². The molecule has 1 heterocycles. The number of hydrogen-bond acceptors (Lipinski definition) is 3. The van der Waals surface area contributed by atoms with E-state index in [1.165, 1.54) is 0 Å². The fourth-order valence-corrected chi connectivity index (χ4v) is 2.66. The molecule has 0 spiro atoms. The standard InChI is InChI=1S/C15H20F3NO2/c1-20-13-7-12(8-14(9-13)21-2)11-3-5-19(10-11)6-4-15(16,17)18/h7-9,11H,3-6,10H2,1-2H3/t11-/m0/s1. The molecule has 21 heavy (non-hydrogen) atoms. The number of likely N-dealkylation sites (tertiary alicyclic amines) is 1. The van der Waals surface area contributed by atoms with E-state index in [0.29, 0.717) is 24.6 Å². The molecule has 0 bridgehead atoms. The van der Waals surface area contributed by atoms with Crippen molar-refractivity contribution in [2.75, 3.05) is 33.9 Å². The lowest BCUT2D eigenvalue weighted by Gasteiger charge is -2.17. The summed E-state index contributed by atoms with van der Waals surface area (Å²) in [5, 5.41) is 0. The molecule has 0 radical (unpaired) electrons. The van der Waals surface area contributed by atoms with Gasteiger partial charge in [-0.05, 0) is 36.6 Å². The van der Waals surface area contributed by atoms with Crippen molar-refractivity contribution >= 4 is 0 Å². The highest BCUT2D eigenvalue weighted by Crippen LogP contribution is 2.33. The largest absolute Gasteiger partial charge is 0.497 e. The molecule has 0 aliphatic carbocycles. The lowest BCUT2D eigenvalue weighted by molar-refractivity contribution is -0.137. The minimum atomic E-state index is -4.09. The first kappa shape index (κ1) is 15.9. The monoisotopic (exact) mass is 303 g/mol. The van der Waals surface area contributed by atoms with Gasteiger partial charge in [-0.3, -0.25) is 0 Å². The molecule has 1 saturated heterocycles. The molecule has 1 aliphatic heterocycles. The summed E-state index contributed by atoms with van der Waals surface area (Å²) in [5.41, 5.74) is 1.06. The molecule has 1 aromatic rings. The molecule has 0 saturated carbocycles. The van der Waals surface area contributed by atoms with Crippen LogP contribution in [0.15, 0.2) is 18.2 Å². The first-order valence-electron chi connectivity index (χ1n) is 6.93. The van der Waals surface area contributed by atoms with Crippen LogP contribution in [0.5, 0.6) is 11.5 Å². The van der Waals surface area contributed by atoms with Crippen LogP contribution in [0.4, 0.5) is 13.2 Å². The van der Waals surface area contributed by atoms with Crippen LogP contribution in [-0.2, 0) is 0 Å². The normalized spacial score (nSPS) is 19.8. The van der Waals surface area contributed by atoms with E-state index in [2.05, 4.69) is 0 Å². The summed E-state index contributed by atoms with van der Waals surface area (Å²) in [6.45, 7) is 1.41. The van der Waals surface area contributed by atoms with Crippen LogP contribution in [0, 0.1) is 0 Å². The second kappa shape index (κ2) is 6.56. The van der Waals surface area contributed by atoms with Gasteiger partial charge < -0.3 is 14.4 Å². The zero-order valence-corrected chi connectivity index (χ0v) is 12.2. The van der Waals surface area contributed by atoms with Gasteiger partial charge in [0.2, 0.25) is 0 Å². The third-order valence-corrected chi connectivity index (χ3v) is 3.83. The van der Waals surface area contributed by atoms with Gasteiger partial charge in [-0.25, -0.2) is 0 Å². The number of nitrogens with zero attached hydrogens (tertiary/aromatic N) is 1. The van der Waals surface area contributed by atoms with Gasteiger partial charge in [-0.2, -0.15) is 13.2 Å². The number of methoxy groups -OCH3 is 2. The molecule has 0 unspecified atom stereocenters. The Labute approximate surface area is 122 Å². The van der Waals surface area contributed by atoms with Crippen molar-refractivity contribution in [1.29, 1.82) is 0 Å². The molecule has 118 valence electrons. The van der Waals surface area contributed by atoms with E-state index in [9.17, 15) is 13.2 Å². The second-order valence-corrected chi connectivity index (χ2v) is 5.30. The summed E-state index contributed by atoms with van der Waals surface area (Å²) in [4.78, 5) is 1.87. The maximum Gasteiger partial charge on any atom is 0.390 e. The van der Waals surface area contributed by atoms with Crippen LogP contribution in [0.2, 0.25) is 0 Å². The first-order chi connectivity index (χ1) is 9.91. The fraction of sp³-hybridized carbons (Fsp3) is 0.600. The van der Waals surface area contributed by atoms with E-state index in [4.69, 9.17) is 9.47 Å². The molecule has 0 N–H and O–H groups in total. The third kappa shape index (κ3) is 4.52. The predicted octanol–water partition coefficient (Wildman–Crippen LogP) is 3.45. The average Bonchev–Trinajstić information content (AvgIpc) is 2.92. The Hall–Kier alpha value is -1.43. The summed E-state index contributed by atoms with van der Waals surface area (Å²) in [6, 6.07) is 5.65. The lowest BCUT2D eigenvalue weighted by Crippen LogP contribution is -2.26. The van der Waals surface area contributed by atoms with Crippen molar-refractivity contribution in [2.45, 2.75) is 24.9 Å². The molecular weight excluding hydrogens is 283 g/mol. The van der Waals surface area contributed by atoms with E-state index < -0.39 is 12.6 Å². The van der Waals surface area contributed by atoms with Crippen molar-refractivity contribution in [3.05, 3.63) is 23.8 Å². The zero-order valence-electron chi connectivity index (χ0n) is 12.2. The van der Waals surface area contributed by atoms with Gasteiger partial charge in [0.15, 0.2) is 0 Å². The molecule has 0 amide bonds. The van der Waals surface area contributed by atoms with Gasteiger partial charge in [0, 0.05) is 19.2 Å². The molecule has 1 aromatic carbocycles. The molecule has 1 atom stereocenters. The Morgan fingerprint density at radius 3 is 2.29 bits per heavy atom. The van der Waals surface area contributed by atoms with Crippen LogP contribution in [-0.4, -0.2) is 44.9 Å². The van der Waals surface area contributed by atoms with Gasteiger partial charge in [0.1, 0.15) is 11.5 Å². The maximum atomic E-state index is 12.3. The smallest absolute Gasteiger partial charge is 0.390 e. The number of ether oxygens (including phenoxy) is 2. The van der Waals surface area contributed by atoms with Crippen molar-refractivity contribution in [2.24, 2.45) is 0 Å². The molecule has 1 aliphatic rings. The van der Waals surface area contributed by atoms with Crippen molar-refractivity contribution in [3.8, 4) is 11.5 Å².